The number of halogens is 2. The molecule has 0 radical (unpaired) electrons. The van der Waals surface area contributed by atoms with Crippen LogP contribution in [-0.4, -0.2) is 31.0 Å². The molecular formula is C17H18Cl2N2O3. The van der Waals surface area contributed by atoms with Gasteiger partial charge < -0.3 is 15.2 Å². The molecule has 0 bridgehead atoms. The van der Waals surface area contributed by atoms with Crippen molar-refractivity contribution >= 4 is 29.0 Å². The number of nitrogens with zero attached hydrogens (tertiary/aromatic N) is 1. The summed E-state index contributed by atoms with van der Waals surface area (Å²) in [6.07, 6.45) is 3.72. The predicted octanol–water partition coefficient (Wildman–Crippen LogP) is 3.55. The first-order valence-electron chi connectivity index (χ1n) is 7.38. The van der Waals surface area contributed by atoms with E-state index in [9.17, 15) is 4.79 Å². The average Bonchev–Trinajstić information content (AvgIpc) is 2.58. The lowest BCUT2D eigenvalue weighted by atomic mass is 10.0. The molecule has 2 rings (SSSR count). The maximum atomic E-state index is 12.5. The lowest BCUT2D eigenvalue weighted by Gasteiger charge is -2.12. The first kappa shape index (κ1) is 18.5. The van der Waals surface area contributed by atoms with Gasteiger partial charge in [0, 0.05) is 29.9 Å². The van der Waals surface area contributed by atoms with E-state index in [-0.39, 0.29) is 12.2 Å². The Labute approximate surface area is 150 Å². The number of rotatable bonds is 8. The highest BCUT2D eigenvalue weighted by Gasteiger charge is 2.15. The van der Waals surface area contributed by atoms with Gasteiger partial charge in [0.05, 0.1) is 23.8 Å². The van der Waals surface area contributed by atoms with E-state index in [4.69, 9.17) is 38.4 Å². The maximum absolute atomic E-state index is 12.5. The Balaban J connectivity index is 2.21. The van der Waals surface area contributed by atoms with Crippen molar-refractivity contribution in [1.29, 1.82) is 0 Å². The molecule has 0 amide bonds. The van der Waals surface area contributed by atoms with Gasteiger partial charge in [-0.25, -0.2) is 0 Å². The summed E-state index contributed by atoms with van der Waals surface area (Å²) < 4.78 is 10.9. The van der Waals surface area contributed by atoms with Gasteiger partial charge in [0.2, 0.25) is 0 Å². The zero-order valence-corrected chi connectivity index (χ0v) is 14.7. The second-order valence-electron chi connectivity index (χ2n) is 5.04. The van der Waals surface area contributed by atoms with E-state index in [0.717, 1.165) is 0 Å². The van der Waals surface area contributed by atoms with E-state index >= 15 is 0 Å². The second kappa shape index (κ2) is 8.87. The van der Waals surface area contributed by atoms with E-state index in [0.29, 0.717) is 52.2 Å². The van der Waals surface area contributed by atoms with Crippen LogP contribution in [0.5, 0.6) is 11.5 Å². The number of carbonyl (C=O) groups excluding carboxylic acids is 1. The van der Waals surface area contributed by atoms with Crippen molar-refractivity contribution in [2.75, 3.05) is 20.3 Å². The third-order valence-corrected chi connectivity index (χ3v) is 4.03. The number of Topliss-reactive ketones (excluding diaryl/α,β-unsaturated/α-hetero) is 1. The van der Waals surface area contributed by atoms with Crippen molar-refractivity contribution in [2.24, 2.45) is 5.73 Å². The average molecular weight is 369 g/mol. The van der Waals surface area contributed by atoms with E-state index in [2.05, 4.69) is 4.98 Å². The smallest absolute Gasteiger partial charge is 0.167 e. The molecule has 0 saturated carbocycles. The molecule has 0 spiro atoms. The molecule has 0 unspecified atom stereocenters. The van der Waals surface area contributed by atoms with Crippen LogP contribution < -0.4 is 15.2 Å². The Morgan fingerprint density at radius 3 is 2.54 bits per heavy atom. The van der Waals surface area contributed by atoms with Crippen LogP contribution in [-0.2, 0) is 6.42 Å². The number of carbonyl (C=O) groups is 1. The van der Waals surface area contributed by atoms with Crippen LogP contribution in [0.2, 0.25) is 10.0 Å². The second-order valence-corrected chi connectivity index (χ2v) is 5.85. The number of hydrogen-bond donors (Lipinski definition) is 1. The zero-order valence-electron chi connectivity index (χ0n) is 13.2. The van der Waals surface area contributed by atoms with Gasteiger partial charge in [0.1, 0.15) is 0 Å². The highest BCUT2D eigenvalue weighted by atomic mass is 35.5. The number of nitrogens with two attached hydrogens (primary N) is 1. The van der Waals surface area contributed by atoms with Crippen molar-refractivity contribution < 1.29 is 14.3 Å². The van der Waals surface area contributed by atoms with Crippen molar-refractivity contribution in [3.8, 4) is 11.5 Å². The molecule has 5 nitrogen and oxygen atoms in total. The minimum atomic E-state index is -0.128. The summed E-state index contributed by atoms with van der Waals surface area (Å²) in [6, 6.07) is 5.03. The molecule has 0 aliphatic carbocycles. The van der Waals surface area contributed by atoms with E-state index in [1.807, 2.05) is 0 Å². The first-order chi connectivity index (χ1) is 11.6. The topological polar surface area (TPSA) is 74.4 Å². The monoisotopic (exact) mass is 368 g/mol. The summed E-state index contributed by atoms with van der Waals surface area (Å²) in [5.41, 5.74) is 6.50. The third-order valence-electron chi connectivity index (χ3n) is 3.38. The standard InChI is InChI=1S/C17H18Cl2N2O3/c1-23-16-4-3-11(7-17(16)24-6-2-5-20)15(22)8-12-13(18)9-21-10-14(12)19/h3-4,7,9-10H,2,5-6,8,20H2,1H3. The number of ether oxygens (including phenoxy) is 2. The number of methoxy groups -OCH3 is 1. The quantitative estimate of drug-likeness (QED) is 0.569. The fourth-order valence-corrected chi connectivity index (χ4v) is 2.60. The van der Waals surface area contributed by atoms with E-state index in [1.165, 1.54) is 12.4 Å². The molecule has 24 heavy (non-hydrogen) atoms. The molecular weight excluding hydrogens is 351 g/mol. The van der Waals surface area contributed by atoms with Crippen LogP contribution >= 0.6 is 23.2 Å². The number of pyridine rings is 1. The van der Waals surface area contributed by atoms with Gasteiger partial charge >= 0.3 is 0 Å². The predicted molar refractivity (Wildman–Crippen MR) is 94.5 cm³/mol. The summed E-state index contributed by atoms with van der Waals surface area (Å²) in [5, 5.41) is 0.729. The number of ketones is 1. The zero-order chi connectivity index (χ0) is 17.5. The maximum Gasteiger partial charge on any atom is 0.167 e. The summed E-state index contributed by atoms with van der Waals surface area (Å²) in [5.74, 6) is 0.934. The van der Waals surface area contributed by atoms with Crippen LogP contribution in [0.25, 0.3) is 0 Å². The third kappa shape index (κ3) is 4.60. The van der Waals surface area contributed by atoms with E-state index in [1.54, 1.807) is 25.3 Å². The molecule has 7 heteroatoms. The molecule has 2 N–H and O–H groups in total. The number of benzene rings is 1. The molecule has 0 aliphatic heterocycles. The van der Waals surface area contributed by atoms with Crippen LogP contribution in [0.3, 0.4) is 0 Å². The Morgan fingerprint density at radius 2 is 1.92 bits per heavy atom. The molecule has 0 atom stereocenters. The molecule has 2 aromatic rings. The van der Waals surface area contributed by atoms with Gasteiger partial charge in [-0.15, -0.1) is 0 Å². The molecule has 0 fully saturated rings. The normalized spacial score (nSPS) is 10.5. The molecule has 128 valence electrons. The minimum Gasteiger partial charge on any atom is -0.493 e. The number of hydrogen-bond acceptors (Lipinski definition) is 5. The fourth-order valence-electron chi connectivity index (χ4n) is 2.10. The Hall–Kier alpha value is -1.82. The molecule has 1 aromatic heterocycles. The highest BCUT2D eigenvalue weighted by molar-refractivity contribution is 6.36. The van der Waals surface area contributed by atoms with Crippen LogP contribution in [0.1, 0.15) is 22.3 Å². The van der Waals surface area contributed by atoms with Crippen LogP contribution in [0, 0.1) is 0 Å². The van der Waals surface area contributed by atoms with Gasteiger partial charge in [-0.2, -0.15) is 0 Å². The van der Waals surface area contributed by atoms with Gasteiger partial charge in [-0.1, -0.05) is 23.2 Å². The largest absolute Gasteiger partial charge is 0.493 e. The summed E-state index contributed by atoms with van der Waals surface area (Å²) in [6.45, 7) is 0.979. The van der Waals surface area contributed by atoms with Gasteiger partial charge in [-0.3, -0.25) is 9.78 Å². The van der Waals surface area contributed by atoms with Crippen molar-refractivity contribution in [1.82, 2.24) is 4.98 Å². The van der Waals surface area contributed by atoms with Crippen LogP contribution in [0.4, 0.5) is 0 Å². The lowest BCUT2D eigenvalue weighted by molar-refractivity contribution is 0.0992. The fraction of sp³-hybridized carbons (Fsp3) is 0.294. The Kier molecular flexibility index (Phi) is 6.85. The molecule has 0 aliphatic rings. The molecule has 1 aromatic carbocycles. The summed E-state index contributed by atoms with van der Waals surface area (Å²) in [4.78, 5) is 16.4. The van der Waals surface area contributed by atoms with Crippen molar-refractivity contribution in [2.45, 2.75) is 12.8 Å². The Bertz CT molecular complexity index is 703. The Morgan fingerprint density at radius 1 is 1.21 bits per heavy atom. The van der Waals surface area contributed by atoms with Gasteiger partial charge in [-0.05, 0) is 31.2 Å². The lowest BCUT2D eigenvalue weighted by Crippen LogP contribution is -2.08. The van der Waals surface area contributed by atoms with Gasteiger partial charge in [0.15, 0.2) is 17.3 Å². The molecule has 0 saturated heterocycles. The summed E-state index contributed by atoms with van der Waals surface area (Å²) in [7, 11) is 1.54. The minimum absolute atomic E-state index is 0.0781. The molecule has 1 heterocycles. The number of aromatic nitrogens is 1. The highest BCUT2D eigenvalue weighted by Crippen LogP contribution is 2.30. The van der Waals surface area contributed by atoms with Crippen molar-refractivity contribution in [3.05, 3.63) is 51.8 Å². The first-order valence-corrected chi connectivity index (χ1v) is 8.14. The SMILES string of the molecule is COc1ccc(C(=O)Cc2c(Cl)cncc2Cl)cc1OCCCN. The van der Waals surface area contributed by atoms with E-state index < -0.39 is 0 Å². The van der Waals surface area contributed by atoms with Gasteiger partial charge in [0.25, 0.3) is 0 Å². The summed E-state index contributed by atoms with van der Waals surface area (Å²) >= 11 is 12.1. The van der Waals surface area contributed by atoms with Crippen LogP contribution in [0.15, 0.2) is 30.6 Å². The van der Waals surface area contributed by atoms with Crippen molar-refractivity contribution in [3.63, 3.8) is 0 Å².